The third-order valence-corrected chi connectivity index (χ3v) is 6.89. The van der Waals surface area contributed by atoms with E-state index in [9.17, 15) is 29.8 Å². The number of nitrogens with one attached hydrogen (secondary N) is 2. The van der Waals surface area contributed by atoms with E-state index in [-0.39, 0.29) is 33.3 Å². The number of aromatic amines is 2. The number of nitro groups is 2. The number of rotatable bonds is 10. The van der Waals surface area contributed by atoms with E-state index in [1.807, 2.05) is 0 Å². The number of nitrogens with zero attached hydrogens (tertiary/aromatic N) is 4. The lowest BCUT2D eigenvalue weighted by molar-refractivity contribution is -0.384. The van der Waals surface area contributed by atoms with Crippen molar-refractivity contribution in [2.75, 3.05) is 11.5 Å². The van der Waals surface area contributed by atoms with Crippen molar-refractivity contribution in [3.8, 4) is 0 Å². The highest BCUT2D eigenvalue weighted by atomic mass is 32.2. The highest BCUT2D eigenvalue weighted by Crippen LogP contribution is 2.23. The number of thioether (sulfide) groups is 2. The fourth-order valence-corrected chi connectivity index (χ4v) is 4.80. The lowest BCUT2D eigenvalue weighted by Crippen LogP contribution is -1.99. The summed E-state index contributed by atoms with van der Waals surface area (Å²) in [7, 11) is 0. The van der Waals surface area contributed by atoms with E-state index < -0.39 is 9.85 Å². The molecule has 2 heterocycles. The van der Waals surface area contributed by atoms with E-state index in [4.69, 9.17) is 0 Å². The van der Waals surface area contributed by atoms with Crippen molar-refractivity contribution >= 4 is 67.2 Å². The summed E-state index contributed by atoms with van der Waals surface area (Å²) in [5.74, 6) is 1.47. The van der Waals surface area contributed by atoms with Gasteiger partial charge in [-0.3, -0.25) is 29.8 Å². The summed E-state index contributed by atoms with van der Waals surface area (Å²) in [5.41, 5.74) is 1.70. The SMILES string of the molecule is O=C(SCCCCCSC(=O)c1nc2ccc([N+](=O)[O-])cc2[nH]1)c1nc2ccc([N+](=O)[O-])cc2[nH]1. The Morgan fingerprint density at radius 3 is 1.57 bits per heavy atom. The van der Waals surface area contributed by atoms with Crippen molar-refractivity contribution in [1.29, 1.82) is 0 Å². The maximum absolute atomic E-state index is 12.3. The fourth-order valence-electron chi connectivity index (χ4n) is 3.26. The van der Waals surface area contributed by atoms with E-state index in [1.165, 1.54) is 36.4 Å². The summed E-state index contributed by atoms with van der Waals surface area (Å²) < 4.78 is 0. The van der Waals surface area contributed by atoms with Crippen molar-refractivity contribution in [3.63, 3.8) is 0 Å². The van der Waals surface area contributed by atoms with Crippen LogP contribution < -0.4 is 0 Å². The van der Waals surface area contributed by atoms with Gasteiger partial charge in [0, 0.05) is 35.8 Å². The molecule has 2 aromatic carbocycles. The Balaban J connectivity index is 1.17. The molecular weight excluding hydrogens is 496 g/mol. The average molecular weight is 515 g/mol. The number of benzene rings is 2. The second-order valence-corrected chi connectivity index (χ2v) is 9.56. The van der Waals surface area contributed by atoms with Gasteiger partial charge in [0.05, 0.1) is 31.9 Å². The summed E-state index contributed by atoms with van der Waals surface area (Å²) in [4.78, 5) is 59.4. The molecule has 0 unspecified atom stereocenters. The number of imidazole rings is 2. The van der Waals surface area contributed by atoms with Gasteiger partial charge in [-0.05, 0) is 25.0 Å². The van der Waals surface area contributed by atoms with Crippen LogP contribution in [0.5, 0.6) is 0 Å². The number of unbranched alkanes of at least 4 members (excludes halogenated alkanes) is 2. The van der Waals surface area contributed by atoms with E-state index in [1.54, 1.807) is 0 Å². The van der Waals surface area contributed by atoms with Crippen LogP contribution >= 0.6 is 23.5 Å². The zero-order valence-corrected chi connectivity index (χ0v) is 19.7. The molecule has 0 saturated heterocycles. The van der Waals surface area contributed by atoms with Crippen LogP contribution in [0, 0.1) is 20.2 Å². The van der Waals surface area contributed by atoms with Gasteiger partial charge >= 0.3 is 0 Å². The summed E-state index contributed by atoms with van der Waals surface area (Å²) in [6.45, 7) is 0. The van der Waals surface area contributed by atoms with Crippen molar-refractivity contribution in [1.82, 2.24) is 19.9 Å². The van der Waals surface area contributed by atoms with Gasteiger partial charge in [0.15, 0.2) is 11.6 Å². The molecular formula is C21H18N6O6S2. The molecule has 0 spiro atoms. The van der Waals surface area contributed by atoms with Crippen molar-refractivity contribution in [2.45, 2.75) is 19.3 Å². The Morgan fingerprint density at radius 1 is 0.743 bits per heavy atom. The number of non-ortho nitro benzene ring substituents is 2. The molecule has 4 aromatic rings. The Labute approximate surface area is 205 Å². The predicted octanol–water partition coefficient (Wildman–Crippen LogP) is 4.87. The van der Waals surface area contributed by atoms with Crippen molar-refractivity contribution in [3.05, 3.63) is 68.3 Å². The summed E-state index contributed by atoms with van der Waals surface area (Å²) in [6, 6.07) is 8.37. The van der Waals surface area contributed by atoms with Crippen LogP contribution in [0.1, 0.15) is 40.5 Å². The normalized spacial score (nSPS) is 11.2. The maximum Gasteiger partial charge on any atom is 0.271 e. The number of aromatic nitrogens is 4. The first-order chi connectivity index (χ1) is 16.8. The summed E-state index contributed by atoms with van der Waals surface area (Å²) >= 11 is 2.24. The number of fused-ring (bicyclic) bond motifs is 2. The smallest absolute Gasteiger partial charge is 0.271 e. The largest absolute Gasteiger partial charge is 0.334 e. The number of nitro benzene ring substituents is 2. The van der Waals surface area contributed by atoms with Gasteiger partial charge in [-0.1, -0.05) is 29.9 Å². The Bertz CT molecular complexity index is 1340. The molecule has 0 fully saturated rings. The first kappa shape index (κ1) is 24.3. The van der Waals surface area contributed by atoms with E-state index in [0.29, 0.717) is 33.6 Å². The topological polar surface area (TPSA) is 178 Å². The van der Waals surface area contributed by atoms with Crippen LogP contribution in [0.3, 0.4) is 0 Å². The molecule has 35 heavy (non-hydrogen) atoms. The van der Waals surface area contributed by atoms with Crippen LogP contribution in [0.2, 0.25) is 0 Å². The highest BCUT2D eigenvalue weighted by Gasteiger charge is 2.16. The zero-order valence-electron chi connectivity index (χ0n) is 18.1. The molecule has 0 aliphatic carbocycles. The lowest BCUT2D eigenvalue weighted by Gasteiger charge is -2.00. The van der Waals surface area contributed by atoms with Crippen LogP contribution in [-0.2, 0) is 0 Å². The van der Waals surface area contributed by atoms with Gasteiger partial charge in [0.1, 0.15) is 0 Å². The van der Waals surface area contributed by atoms with Gasteiger partial charge in [0.25, 0.3) is 21.6 Å². The lowest BCUT2D eigenvalue weighted by atomic mass is 10.3. The van der Waals surface area contributed by atoms with Crippen LogP contribution in [0.4, 0.5) is 11.4 Å². The molecule has 14 heteroatoms. The first-order valence-electron chi connectivity index (χ1n) is 10.4. The van der Waals surface area contributed by atoms with Gasteiger partial charge in [0.2, 0.25) is 0 Å². The minimum Gasteiger partial charge on any atom is -0.334 e. The number of hydrogen-bond acceptors (Lipinski definition) is 10. The number of carbonyl (C=O) groups excluding carboxylic acids is 2. The predicted molar refractivity (Wildman–Crippen MR) is 133 cm³/mol. The van der Waals surface area contributed by atoms with Crippen molar-refractivity contribution in [2.24, 2.45) is 0 Å². The van der Waals surface area contributed by atoms with Crippen molar-refractivity contribution < 1.29 is 19.4 Å². The first-order valence-corrected chi connectivity index (χ1v) is 12.4. The van der Waals surface area contributed by atoms with Crippen LogP contribution in [0.15, 0.2) is 36.4 Å². The molecule has 4 rings (SSSR count). The zero-order chi connectivity index (χ0) is 24.9. The average Bonchev–Trinajstić information content (AvgIpc) is 3.46. The molecule has 0 aliphatic rings. The second kappa shape index (κ2) is 10.7. The van der Waals surface area contributed by atoms with E-state index >= 15 is 0 Å². The number of H-pyrrole nitrogens is 2. The number of carbonyl (C=O) groups is 2. The Hall–Kier alpha value is -3.78. The van der Waals surface area contributed by atoms with Gasteiger partial charge in [-0.15, -0.1) is 0 Å². The fraction of sp³-hybridized carbons (Fsp3) is 0.238. The molecule has 0 atom stereocenters. The molecule has 12 nitrogen and oxygen atoms in total. The second-order valence-electron chi connectivity index (χ2n) is 7.42. The summed E-state index contributed by atoms with van der Waals surface area (Å²) in [5, 5.41) is 21.3. The third-order valence-electron chi connectivity index (χ3n) is 4.99. The molecule has 0 aliphatic heterocycles. The van der Waals surface area contributed by atoms with E-state index in [0.717, 1.165) is 42.8 Å². The quantitative estimate of drug-likeness (QED) is 0.168. The van der Waals surface area contributed by atoms with Gasteiger partial charge < -0.3 is 9.97 Å². The Kier molecular flexibility index (Phi) is 7.41. The van der Waals surface area contributed by atoms with Crippen LogP contribution in [0.25, 0.3) is 22.1 Å². The Morgan fingerprint density at radius 2 is 1.17 bits per heavy atom. The monoisotopic (exact) mass is 514 g/mol. The minimum absolute atomic E-state index is 0.0755. The van der Waals surface area contributed by atoms with Crippen LogP contribution in [-0.4, -0.2) is 51.5 Å². The van der Waals surface area contributed by atoms with Gasteiger partial charge in [-0.2, -0.15) is 0 Å². The van der Waals surface area contributed by atoms with Gasteiger partial charge in [-0.25, -0.2) is 9.97 Å². The molecule has 0 radical (unpaired) electrons. The van der Waals surface area contributed by atoms with E-state index in [2.05, 4.69) is 19.9 Å². The standard InChI is InChI=1S/C21H18N6O6S2/c28-20(18-22-14-6-4-12(26(30)31)10-16(14)24-18)34-8-2-1-3-9-35-21(29)19-23-15-7-5-13(27(32)33)11-17(15)25-19/h4-7,10-11H,1-3,8-9H2,(H,22,24)(H,23,25). The highest BCUT2D eigenvalue weighted by molar-refractivity contribution is 8.14. The molecule has 180 valence electrons. The molecule has 2 aromatic heterocycles. The summed E-state index contributed by atoms with van der Waals surface area (Å²) in [6.07, 6.45) is 2.36. The molecule has 2 N–H and O–H groups in total. The molecule has 0 amide bonds. The minimum atomic E-state index is -0.507. The molecule has 0 saturated carbocycles. The third kappa shape index (κ3) is 5.84. The number of hydrogen-bond donors (Lipinski definition) is 2. The maximum atomic E-state index is 12.3. The molecule has 0 bridgehead atoms.